The molecule has 0 saturated carbocycles. The molecule has 4 heteroatoms. The minimum absolute atomic E-state index is 0.706. The molecule has 1 aromatic rings. The average Bonchev–Trinajstić information content (AvgIpc) is 2.67. The first-order valence-electron chi connectivity index (χ1n) is 7.48. The van der Waals surface area contributed by atoms with Crippen LogP contribution >= 0.6 is 22.9 Å². The molecule has 2 nitrogen and oxygen atoms in total. The average molecular weight is 301 g/mol. The fourth-order valence-corrected chi connectivity index (χ4v) is 3.87. The van der Waals surface area contributed by atoms with E-state index in [-0.39, 0.29) is 0 Å². The highest BCUT2D eigenvalue weighted by molar-refractivity contribution is 7.16. The molecule has 1 saturated heterocycles. The number of nitrogens with zero attached hydrogens (tertiary/aromatic N) is 1. The van der Waals surface area contributed by atoms with Gasteiger partial charge in [-0.3, -0.25) is 0 Å². The molecule has 0 amide bonds. The van der Waals surface area contributed by atoms with Crippen molar-refractivity contribution in [2.24, 2.45) is 0 Å². The summed E-state index contributed by atoms with van der Waals surface area (Å²) < 4.78 is 0.902. The highest BCUT2D eigenvalue weighted by Crippen LogP contribution is 2.21. The van der Waals surface area contributed by atoms with E-state index in [1.807, 2.05) is 6.07 Å². The third-order valence-corrected chi connectivity index (χ3v) is 5.08. The Hall–Kier alpha value is -0.0900. The lowest BCUT2D eigenvalue weighted by atomic mass is 10.1. The molecule has 108 valence electrons. The van der Waals surface area contributed by atoms with Crippen LogP contribution in [0.3, 0.4) is 0 Å². The van der Waals surface area contributed by atoms with Crippen LogP contribution in [0.4, 0.5) is 0 Å². The van der Waals surface area contributed by atoms with Gasteiger partial charge in [-0.25, -0.2) is 0 Å². The molecule has 0 spiro atoms. The number of rotatable bonds is 6. The molecule has 1 aromatic heterocycles. The van der Waals surface area contributed by atoms with Crippen LogP contribution in [0.15, 0.2) is 12.1 Å². The third kappa shape index (κ3) is 5.42. The van der Waals surface area contributed by atoms with Gasteiger partial charge in [-0.15, -0.1) is 11.3 Å². The summed E-state index contributed by atoms with van der Waals surface area (Å²) >= 11 is 7.65. The van der Waals surface area contributed by atoms with Crippen molar-refractivity contribution < 1.29 is 0 Å². The summed E-state index contributed by atoms with van der Waals surface area (Å²) in [6.45, 7) is 7.16. The minimum Gasteiger partial charge on any atom is -0.314 e. The largest absolute Gasteiger partial charge is 0.314 e. The maximum Gasteiger partial charge on any atom is 0.0931 e. The predicted octanol–water partition coefficient (Wildman–Crippen LogP) is 3.80. The van der Waals surface area contributed by atoms with E-state index in [1.54, 1.807) is 11.3 Å². The first-order valence-corrected chi connectivity index (χ1v) is 8.67. The van der Waals surface area contributed by atoms with E-state index >= 15 is 0 Å². The summed E-state index contributed by atoms with van der Waals surface area (Å²) in [7, 11) is 0. The lowest BCUT2D eigenvalue weighted by Crippen LogP contribution is -2.32. The van der Waals surface area contributed by atoms with Crippen LogP contribution < -0.4 is 5.32 Å². The fraction of sp³-hybridized carbons (Fsp3) is 0.733. The molecule has 0 aromatic carbocycles. The maximum absolute atomic E-state index is 5.95. The van der Waals surface area contributed by atoms with Crippen molar-refractivity contribution in [3.8, 4) is 0 Å². The smallest absolute Gasteiger partial charge is 0.0931 e. The van der Waals surface area contributed by atoms with Gasteiger partial charge in [0.25, 0.3) is 0 Å². The Balaban J connectivity index is 1.65. The van der Waals surface area contributed by atoms with Gasteiger partial charge >= 0.3 is 0 Å². The number of hydrogen-bond donors (Lipinski definition) is 1. The van der Waals surface area contributed by atoms with Crippen molar-refractivity contribution in [3.63, 3.8) is 0 Å². The molecule has 1 aliphatic rings. The summed E-state index contributed by atoms with van der Waals surface area (Å²) in [5, 5.41) is 3.72. The van der Waals surface area contributed by atoms with Crippen molar-refractivity contribution in [3.05, 3.63) is 21.3 Å². The van der Waals surface area contributed by atoms with Gasteiger partial charge in [0.2, 0.25) is 0 Å². The highest BCUT2D eigenvalue weighted by atomic mass is 35.5. The predicted molar refractivity (Wildman–Crippen MR) is 85.4 cm³/mol. The number of likely N-dealkylation sites (tertiary alicyclic amines) is 1. The number of nitrogens with one attached hydrogen (secondary N) is 1. The fourth-order valence-electron chi connectivity index (χ4n) is 2.79. The molecular weight excluding hydrogens is 276 g/mol. The van der Waals surface area contributed by atoms with Gasteiger partial charge < -0.3 is 10.2 Å². The van der Waals surface area contributed by atoms with Crippen molar-refractivity contribution in [1.29, 1.82) is 0 Å². The number of hydrogen-bond acceptors (Lipinski definition) is 3. The zero-order valence-corrected chi connectivity index (χ0v) is 13.4. The Morgan fingerprint density at radius 1 is 1.37 bits per heavy atom. The van der Waals surface area contributed by atoms with E-state index in [4.69, 9.17) is 11.6 Å². The SMILES string of the molecule is CCCN1CCCC(NCCc2ccc(Cl)s2)CC1. The summed E-state index contributed by atoms with van der Waals surface area (Å²) in [5.74, 6) is 0. The van der Waals surface area contributed by atoms with Gasteiger partial charge in [0.15, 0.2) is 0 Å². The van der Waals surface area contributed by atoms with Crippen molar-refractivity contribution in [2.75, 3.05) is 26.2 Å². The Bertz CT molecular complexity index is 367. The second-order valence-electron chi connectivity index (χ2n) is 5.38. The van der Waals surface area contributed by atoms with Gasteiger partial charge in [0, 0.05) is 17.5 Å². The van der Waals surface area contributed by atoms with E-state index in [9.17, 15) is 0 Å². The van der Waals surface area contributed by atoms with Crippen molar-refractivity contribution in [2.45, 2.75) is 45.1 Å². The third-order valence-electron chi connectivity index (χ3n) is 3.79. The first kappa shape index (κ1) is 15.3. The molecule has 0 radical (unpaired) electrons. The molecule has 2 rings (SSSR count). The molecule has 1 atom stereocenters. The Kier molecular flexibility index (Phi) is 6.65. The normalized spacial score (nSPS) is 21.5. The Labute approximate surface area is 126 Å². The van der Waals surface area contributed by atoms with Crippen molar-refractivity contribution >= 4 is 22.9 Å². The van der Waals surface area contributed by atoms with Gasteiger partial charge in [0.1, 0.15) is 0 Å². The molecule has 19 heavy (non-hydrogen) atoms. The second-order valence-corrected chi connectivity index (χ2v) is 7.18. The van der Waals surface area contributed by atoms with Crippen LogP contribution in [0.1, 0.15) is 37.5 Å². The Morgan fingerprint density at radius 2 is 2.26 bits per heavy atom. The van der Waals surface area contributed by atoms with E-state index < -0.39 is 0 Å². The second kappa shape index (κ2) is 8.25. The summed E-state index contributed by atoms with van der Waals surface area (Å²) in [4.78, 5) is 4.00. The summed E-state index contributed by atoms with van der Waals surface area (Å²) in [6, 6.07) is 4.85. The molecule has 1 aliphatic heterocycles. The van der Waals surface area contributed by atoms with E-state index in [0.717, 1.165) is 17.3 Å². The maximum atomic E-state index is 5.95. The molecule has 1 N–H and O–H groups in total. The monoisotopic (exact) mass is 300 g/mol. The van der Waals surface area contributed by atoms with Crippen LogP contribution in [0, 0.1) is 0 Å². The molecular formula is C15H25ClN2S. The van der Waals surface area contributed by atoms with Gasteiger partial charge in [-0.2, -0.15) is 0 Å². The van der Waals surface area contributed by atoms with Crippen LogP contribution in [0.25, 0.3) is 0 Å². The number of halogens is 1. The quantitative estimate of drug-likeness (QED) is 0.860. The van der Waals surface area contributed by atoms with Gasteiger partial charge in [-0.1, -0.05) is 18.5 Å². The standard InChI is InChI=1S/C15H25ClN2S/c1-2-10-18-11-3-4-13(8-12-18)17-9-7-14-5-6-15(16)19-14/h5-6,13,17H,2-4,7-12H2,1H3. The van der Waals surface area contributed by atoms with Gasteiger partial charge in [-0.05, 0) is 63.9 Å². The topological polar surface area (TPSA) is 15.3 Å². The van der Waals surface area contributed by atoms with Crippen LogP contribution in [-0.2, 0) is 6.42 Å². The zero-order valence-electron chi connectivity index (χ0n) is 11.8. The molecule has 1 unspecified atom stereocenters. The highest BCUT2D eigenvalue weighted by Gasteiger charge is 2.15. The molecule has 1 fully saturated rings. The summed E-state index contributed by atoms with van der Waals surface area (Å²) in [6.07, 6.45) is 6.34. The van der Waals surface area contributed by atoms with Crippen LogP contribution in [-0.4, -0.2) is 37.1 Å². The molecule has 0 aliphatic carbocycles. The molecule has 0 bridgehead atoms. The van der Waals surface area contributed by atoms with E-state index in [0.29, 0.717) is 6.04 Å². The van der Waals surface area contributed by atoms with Crippen molar-refractivity contribution in [1.82, 2.24) is 10.2 Å². The number of thiophene rings is 1. The van der Waals surface area contributed by atoms with Gasteiger partial charge in [0.05, 0.1) is 4.34 Å². The van der Waals surface area contributed by atoms with E-state index in [1.165, 1.54) is 50.2 Å². The van der Waals surface area contributed by atoms with Crippen LogP contribution in [0.5, 0.6) is 0 Å². The lowest BCUT2D eigenvalue weighted by molar-refractivity contribution is 0.283. The zero-order chi connectivity index (χ0) is 13.5. The van der Waals surface area contributed by atoms with Crippen LogP contribution in [0.2, 0.25) is 4.34 Å². The first-order chi connectivity index (χ1) is 9.28. The van der Waals surface area contributed by atoms with E-state index in [2.05, 4.69) is 23.2 Å². The minimum atomic E-state index is 0.706. The lowest BCUT2D eigenvalue weighted by Gasteiger charge is -2.19. The summed E-state index contributed by atoms with van der Waals surface area (Å²) in [5.41, 5.74) is 0. The Morgan fingerprint density at radius 3 is 3.00 bits per heavy atom. The molecule has 2 heterocycles.